The van der Waals surface area contributed by atoms with Crippen LogP contribution in [0.15, 0.2) is 73.1 Å². The molecule has 10 nitrogen and oxygen atoms in total. The van der Waals surface area contributed by atoms with E-state index in [1.165, 1.54) is 11.0 Å². The van der Waals surface area contributed by atoms with Gasteiger partial charge in [-0.3, -0.25) is 14.6 Å². The molecule has 0 spiro atoms. The van der Waals surface area contributed by atoms with Crippen LogP contribution in [-0.4, -0.2) is 55.1 Å². The van der Waals surface area contributed by atoms with Crippen molar-refractivity contribution in [3.63, 3.8) is 0 Å². The maximum atomic E-state index is 14.3. The average molecular weight is 544 g/mol. The molecule has 0 unspecified atom stereocenters. The number of halogens is 1. The number of pyridine rings is 1. The van der Waals surface area contributed by atoms with Gasteiger partial charge in [-0.15, -0.1) is 10.2 Å². The van der Waals surface area contributed by atoms with Gasteiger partial charge in [0.15, 0.2) is 0 Å². The predicted octanol–water partition coefficient (Wildman–Crippen LogP) is 3.71. The molecule has 0 saturated heterocycles. The van der Waals surface area contributed by atoms with E-state index in [1.54, 1.807) is 55.9 Å². The van der Waals surface area contributed by atoms with E-state index in [2.05, 4.69) is 25.7 Å². The number of carbonyl (C=O) groups is 2. The number of amides is 2. The van der Waals surface area contributed by atoms with Gasteiger partial charge in [0.05, 0.1) is 19.2 Å². The molecule has 1 aliphatic carbocycles. The van der Waals surface area contributed by atoms with Gasteiger partial charge >= 0.3 is 0 Å². The Hall–Kier alpha value is -4.67. The van der Waals surface area contributed by atoms with Crippen LogP contribution in [0, 0.1) is 5.82 Å². The van der Waals surface area contributed by atoms with Crippen LogP contribution in [0.3, 0.4) is 0 Å². The molecule has 1 N–H and O–H groups in total. The third-order valence-corrected chi connectivity index (χ3v) is 6.98. The fourth-order valence-electron chi connectivity index (χ4n) is 4.98. The molecule has 0 radical (unpaired) electrons. The molecule has 206 valence electrons. The highest BCUT2D eigenvalue weighted by atomic mass is 19.1. The number of para-hydroxylation sites is 1. The van der Waals surface area contributed by atoms with E-state index in [0.29, 0.717) is 11.3 Å². The maximum absolute atomic E-state index is 14.3. The minimum Gasteiger partial charge on any atom is -0.496 e. The first-order valence-electron chi connectivity index (χ1n) is 13.2. The first-order chi connectivity index (χ1) is 19.5. The van der Waals surface area contributed by atoms with Gasteiger partial charge in [0.2, 0.25) is 17.6 Å². The molecule has 11 heteroatoms. The normalized spacial score (nSPS) is 14.1. The van der Waals surface area contributed by atoms with Crippen molar-refractivity contribution in [1.82, 2.24) is 35.4 Å². The monoisotopic (exact) mass is 543 g/mol. The number of hydrogen-bond acceptors (Lipinski definition) is 7. The average Bonchev–Trinajstić information content (AvgIpc) is 3.66. The number of methoxy groups -OCH3 is 1. The molecule has 1 saturated carbocycles. The summed E-state index contributed by atoms with van der Waals surface area (Å²) in [5.74, 6) is -0.545. The highest BCUT2D eigenvalue weighted by Crippen LogP contribution is 2.28. The van der Waals surface area contributed by atoms with Gasteiger partial charge in [-0.1, -0.05) is 43.2 Å². The van der Waals surface area contributed by atoms with E-state index in [4.69, 9.17) is 4.74 Å². The number of nitrogens with zero attached hydrogens (tertiary/aromatic N) is 6. The zero-order valence-corrected chi connectivity index (χ0v) is 22.1. The van der Waals surface area contributed by atoms with Gasteiger partial charge in [-0.25, -0.2) is 4.39 Å². The highest BCUT2D eigenvalue weighted by molar-refractivity contribution is 5.89. The van der Waals surface area contributed by atoms with Crippen LogP contribution in [0.25, 0.3) is 11.4 Å². The second kappa shape index (κ2) is 12.5. The minimum absolute atomic E-state index is 0.0559. The predicted molar refractivity (Wildman–Crippen MR) is 144 cm³/mol. The second-order valence-electron chi connectivity index (χ2n) is 9.63. The van der Waals surface area contributed by atoms with E-state index in [0.717, 1.165) is 36.0 Å². The van der Waals surface area contributed by atoms with Gasteiger partial charge in [0.25, 0.3) is 0 Å². The van der Waals surface area contributed by atoms with Crippen LogP contribution in [0.1, 0.15) is 42.9 Å². The molecule has 0 bridgehead atoms. The number of benzene rings is 2. The summed E-state index contributed by atoms with van der Waals surface area (Å²) in [5, 5.41) is 15.3. The third-order valence-electron chi connectivity index (χ3n) is 6.98. The van der Waals surface area contributed by atoms with Gasteiger partial charge in [0, 0.05) is 24.0 Å². The molecule has 2 aromatic carbocycles. The molecule has 40 heavy (non-hydrogen) atoms. The molecule has 0 aliphatic heterocycles. The molecular formula is C29H30FN7O3. The summed E-state index contributed by atoms with van der Waals surface area (Å²) in [4.78, 5) is 34.5. The molecule has 1 aliphatic rings. The van der Waals surface area contributed by atoms with Crippen LogP contribution in [0.2, 0.25) is 0 Å². The summed E-state index contributed by atoms with van der Waals surface area (Å²) in [6, 6.07) is 16.0. The van der Waals surface area contributed by atoms with Crippen LogP contribution in [-0.2, 0) is 22.7 Å². The van der Waals surface area contributed by atoms with Crippen LogP contribution in [0.5, 0.6) is 5.75 Å². The van der Waals surface area contributed by atoms with Crippen molar-refractivity contribution in [1.29, 1.82) is 0 Å². The van der Waals surface area contributed by atoms with Crippen molar-refractivity contribution in [3.05, 3.63) is 90.0 Å². The summed E-state index contributed by atoms with van der Waals surface area (Å²) in [5.41, 5.74) is 1.52. The third kappa shape index (κ3) is 6.14. The number of ether oxygens (including phenoxy) is 1. The number of tetrazole rings is 1. The smallest absolute Gasteiger partial charge is 0.247 e. The van der Waals surface area contributed by atoms with E-state index in [1.807, 2.05) is 18.2 Å². The van der Waals surface area contributed by atoms with Crippen molar-refractivity contribution in [2.45, 2.75) is 50.9 Å². The van der Waals surface area contributed by atoms with Crippen molar-refractivity contribution >= 4 is 11.8 Å². The molecule has 5 rings (SSSR count). The second-order valence-corrected chi connectivity index (χ2v) is 9.63. The van der Waals surface area contributed by atoms with Crippen molar-refractivity contribution < 1.29 is 18.7 Å². The largest absolute Gasteiger partial charge is 0.496 e. The Morgan fingerprint density at radius 1 is 1.07 bits per heavy atom. The van der Waals surface area contributed by atoms with E-state index >= 15 is 0 Å². The fraction of sp³-hybridized carbons (Fsp3) is 0.310. The summed E-state index contributed by atoms with van der Waals surface area (Å²) in [6.45, 7) is -0.225. The van der Waals surface area contributed by atoms with E-state index < -0.39 is 17.8 Å². The zero-order chi connectivity index (χ0) is 27.9. The Morgan fingerprint density at radius 2 is 1.80 bits per heavy atom. The first-order valence-corrected chi connectivity index (χ1v) is 13.2. The Kier molecular flexibility index (Phi) is 8.38. The van der Waals surface area contributed by atoms with Gasteiger partial charge < -0.3 is 15.0 Å². The fourth-order valence-corrected chi connectivity index (χ4v) is 4.98. The molecule has 2 aromatic heterocycles. The van der Waals surface area contributed by atoms with E-state index in [-0.39, 0.29) is 36.4 Å². The Labute approximate surface area is 231 Å². The Bertz CT molecular complexity index is 1460. The topological polar surface area (TPSA) is 115 Å². The van der Waals surface area contributed by atoms with Crippen molar-refractivity contribution in [3.8, 4) is 17.1 Å². The SMILES string of the molecule is COc1ccccc1CN(C(=O)Cn1nnc(-c2ccccc2F)n1)[C@@H](C(=O)NC1CCCC1)c1ccncc1. The quantitative estimate of drug-likeness (QED) is 0.324. The lowest BCUT2D eigenvalue weighted by Gasteiger charge is -2.32. The molecular weight excluding hydrogens is 513 g/mol. The number of rotatable bonds is 10. The zero-order valence-electron chi connectivity index (χ0n) is 22.1. The lowest BCUT2D eigenvalue weighted by molar-refractivity contribution is -0.142. The van der Waals surface area contributed by atoms with Crippen LogP contribution >= 0.6 is 0 Å². The number of carbonyl (C=O) groups excluding carboxylic acids is 2. The lowest BCUT2D eigenvalue weighted by Crippen LogP contribution is -2.46. The molecule has 1 atom stereocenters. The lowest BCUT2D eigenvalue weighted by atomic mass is 10.0. The maximum Gasteiger partial charge on any atom is 0.247 e. The minimum atomic E-state index is -0.949. The van der Waals surface area contributed by atoms with Gasteiger partial charge in [-0.05, 0) is 54.0 Å². The number of nitrogens with one attached hydrogen (secondary N) is 1. The van der Waals surface area contributed by atoms with Crippen LogP contribution < -0.4 is 10.1 Å². The summed E-state index contributed by atoms with van der Waals surface area (Å²) < 4.78 is 19.8. The Morgan fingerprint density at radius 3 is 2.55 bits per heavy atom. The molecule has 2 amide bonds. The molecule has 2 heterocycles. The van der Waals surface area contributed by atoms with E-state index in [9.17, 15) is 14.0 Å². The highest BCUT2D eigenvalue weighted by Gasteiger charge is 2.34. The van der Waals surface area contributed by atoms with Crippen LogP contribution in [0.4, 0.5) is 4.39 Å². The van der Waals surface area contributed by atoms with Crippen molar-refractivity contribution in [2.75, 3.05) is 7.11 Å². The first kappa shape index (κ1) is 26.9. The standard InChI is InChI=1S/C29H30FN7O3/c1-40-25-13-7-2-8-21(25)18-36(26(38)19-37-34-28(33-35-37)23-11-5-6-12-24(23)30)27(20-14-16-31-17-15-20)29(39)32-22-9-3-4-10-22/h2,5-8,11-17,22,27H,3-4,9-10,18-19H2,1H3,(H,32,39)/t27-/m1/s1. The van der Waals surface area contributed by atoms with Crippen molar-refractivity contribution in [2.24, 2.45) is 0 Å². The molecule has 4 aromatic rings. The van der Waals surface area contributed by atoms with Gasteiger partial charge in [0.1, 0.15) is 24.2 Å². The summed E-state index contributed by atoms with van der Waals surface area (Å²) in [7, 11) is 1.56. The number of hydrogen-bond donors (Lipinski definition) is 1. The Balaban J connectivity index is 1.49. The molecule has 1 fully saturated rings. The number of aromatic nitrogens is 5. The van der Waals surface area contributed by atoms with Gasteiger partial charge in [-0.2, -0.15) is 4.80 Å². The summed E-state index contributed by atoms with van der Waals surface area (Å²) in [6.07, 6.45) is 7.09. The summed E-state index contributed by atoms with van der Waals surface area (Å²) >= 11 is 0.